The van der Waals surface area contributed by atoms with E-state index < -0.39 is 0 Å². The number of hydrogen-bond donors (Lipinski definition) is 2. The highest BCUT2D eigenvalue weighted by atomic mass is 16.3. The molecule has 3 aliphatic rings. The zero-order valence-corrected chi connectivity index (χ0v) is 15.3. The van der Waals surface area contributed by atoms with Gasteiger partial charge < -0.3 is 20.2 Å². The molecule has 142 valence electrons. The first kappa shape index (κ1) is 18.6. The fourth-order valence-electron chi connectivity index (χ4n) is 4.34. The van der Waals surface area contributed by atoms with Gasteiger partial charge >= 0.3 is 0 Å². The molecule has 0 radical (unpaired) electrons. The summed E-state index contributed by atoms with van der Waals surface area (Å²) in [4.78, 5) is 28.7. The number of aliphatic hydroxyl groups is 1. The van der Waals surface area contributed by atoms with E-state index in [0.29, 0.717) is 25.3 Å². The summed E-state index contributed by atoms with van der Waals surface area (Å²) in [5.74, 6) is 1.60. The summed E-state index contributed by atoms with van der Waals surface area (Å²) in [6.45, 7) is 4.44. The number of rotatable bonds is 8. The van der Waals surface area contributed by atoms with Crippen molar-refractivity contribution in [2.45, 2.75) is 57.4 Å². The summed E-state index contributed by atoms with van der Waals surface area (Å²) in [7, 11) is 0. The maximum atomic E-state index is 12.4. The number of carbonyl (C=O) groups is 2. The molecule has 0 spiro atoms. The van der Waals surface area contributed by atoms with Gasteiger partial charge in [0.15, 0.2) is 0 Å². The second-order valence-corrected chi connectivity index (χ2v) is 7.95. The molecule has 2 saturated heterocycles. The Morgan fingerprint density at radius 3 is 2.76 bits per heavy atom. The molecule has 6 nitrogen and oxygen atoms in total. The van der Waals surface area contributed by atoms with Crippen molar-refractivity contribution in [3.8, 4) is 0 Å². The van der Waals surface area contributed by atoms with E-state index in [0.717, 1.165) is 57.8 Å². The lowest BCUT2D eigenvalue weighted by Crippen LogP contribution is -2.43. The minimum atomic E-state index is 0.0803. The summed E-state index contributed by atoms with van der Waals surface area (Å²) in [5, 5.41) is 12.3. The molecule has 1 saturated carbocycles. The van der Waals surface area contributed by atoms with Crippen molar-refractivity contribution in [1.82, 2.24) is 15.1 Å². The predicted molar refractivity (Wildman–Crippen MR) is 96.0 cm³/mol. The van der Waals surface area contributed by atoms with Crippen molar-refractivity contribution in [2.24, 2.45) is 11.8 Å². The molecule has 6 heteroatoms. The van der Waals surface area contributed by atoms with Gasteiger partial charge in [0.25, 0.3) is 0 Å². The summed E-state index contributed by atoms with van der Waals surface area (Å²) in [6, 6.07) is 0.235. The predicted octanol–water partition coefficient (Wildman–Crippen LogP) is 0.988. The Bertz CT molecular complexity index is 467. The monoisotopic (exact) mass is 351 g/mol. The topological polar surface area (TPSA) is 72.9 Å². The third-order valence-electron chi connectivity index (χ3n) is 5.93. The SMILES string of the molecule is O=C(CCN1CCCCCC1=O)N[C@H]1CN(CCCO)C[C@@H]1C1CC1. The molecule has 0 aromatic heterocycles. The number of aliphatic hydroxyl groups excluding tert-OH is 1. The van der Waals surface area contributed by atoms with Gasteiger partial charge in [-0.2, -0.15) is 0 Å². The molecule has 2 N–H and O–H groups in total. The maximum absolute atomic E-state index is 12.4. The lowest BCUT2D eigenvalue weighted by molar-refractivity contribution is -0.131. The molecule has 2 atom stereocenters. The van der Waals surface area contributed by atoms with Crippen LogP contribution in [0.2, 0.25) is 0 Å². The van der Waals surface area contributed by atoms with Gasteiger partial charge in [0, 0.05) is 58.2 Å². The molecule has 2 amide bonds. The molecule has 0 aromatic carbocycles. The minimum Gasteiger partial charge on any atom is -0.396 e. The van der Waals surface area contributed by atoms with Crippen molar-refractivity contribution in [3.05, 3.63) is 0 Å². The molecule has 0 aromatic rings. The second-order valence-electron chi connectivity index (χ2n) is 7.95. The minimum absolute atomic E-state index is 0.0803. The average molecular weight is 351 g/mol. The van der Waals surface area contributed by atoms with Gasteiger partial charge in [-0.1, -0.05) is 6.42 Å². The van der Waals surface area contributed by atoms with Gasteiger partial charge in [-0.3, -0.25) is 9.59 Å². The third-order valence-corrected chi connectivity index (χ3v) is 5.93. The van der Waals surface area contributed by atoms with E-state index in [2.05, 4.69) is 10.2 Å². The van der Waals surface area contributed by atoms with E-state index in [-0.39, 0.29) is 24.5 Å². The van der Waals surface area contributed by atoms with Gasteiger partial charge in [0.2, 0.25) is 11.8 Å². The summed E-state index contributed by atoms with van der Waals surface area (Å²) in [5.41, 5.74) is 0. The Balaban J connectivity index is 1.45. The number of nitrogens with one attached hydrogen (secondary N) is 1. The first-order valence-electron chi connectivity index (χ1n) is 10.1. The molecule has 0 bridgehead atoms. The molecule has 3 fully saturated rings. The van der Waals surface area contributed by atoms with Crippen molar-refractivity contribution < 1.29 is 14.7 Å². The van der Waals surface area contributed by atoms with Crippen LogP contribution in [0.1, 0.15) is 51.4 Å². The van der Waals surface area contributed by atoms with Crippen LogP contribution in [0.5, 0.6) is 0 Å². The lowest BCUT2D eigenvalue weighted by Gasteiger charge is -2.22. The maximum Gasteiger partial charge on any atom is 0.222 e. The number of hydrogen-bond acceptors (Lipinski definition) is 4. The van der Waals surface area contributed by atoms with E-state index in [9.17, 15) is 9.59 Å². The number of amides is 2. The number of likely N-dealkylation sites (tertiary alicyclic amines) is 2. The molecule has 3 rings (SSSR count). The van der Waals surface area contributed by atoms with Crippen LogP contribution >= 0.6 is 0 Å². The van der Waals surface area contributed by atoms with Crippen LogP contribution in [0.3, 0.4) is 0 Å². The zero-order valence-electron chi connectivity index (χ0n) is 15.3. The molecule has 25 heavy (non-hydrogen) atoms. The van der Waals surface area contributed by atoms with Crippen molar-refractivity contribution in [2.75, 3.05) is 39.3 Å². The van der Waals surface area contributed by atoms with Gasteiger partial charge in [-0.15, -0.1) is 0 Å². The summed E-state index contributed by atoms with van der Waals surface area (Å²) < 4.78 is 0. The van der Waals surface area contributed by atoms with Crippen LogP contribution < -0.4 is 5.32 Å². The average Bonchev–Trinajstić information content (AvgIpc) is 3.39. The molecule has 0 unspecified atom stereocenters. The Hall–Kier alpha value is -1.14. The Morgan fingerprint density at radius 2 is 2.00 bits per heavy atom. The van der Waals surface area contributed by atoms with E-state index in [1.54, 1.807) is 0 Å². The largest absolute Gasteiger partial charge is 0.396 e. The van der Waals surface area contributed by atoms with Crippen LogP contribution in [-0.2, 0) is 9.59 Å². The van der Waals surface area contributed by atoms with E-state index in [4.69, 9.17) is 5.11 Å². The standard InChI is InChI=1S/C19H33N3O3/c23-12-4-9-21-13-16(15-6-7-15)17(14-21)20-18(24)8-11-22-10-3-1-2-5-19(22)25/h15-17,23H,1-14H2,(H,20,24)/t16-,17+/m1/s1. The van der Waals surface area contributed by atoms with E-state index in [1.807, 2.05) is 4.90 Å². The summed E-state index contributed by atoms with van der Waals surface area (Å²) in [6.07, 6.45) is 7.57. The van der Waals surface area contributed by atoms with Crippen molar-refractivity contribution in [3.63, 3.8) is 0 Å². The normalized spacial score (nSPS) is 28.2. The van der Waals surface area contributed by atoms with Crippen LogP contribution in [0.4, 0.5) is 0 Å². The molecule has 1 aliphatic carbocycles. The second kappa shape index (κ2) is 8.99. The fraction of sp³-hybridized carbons (Fsp3) is 0.895. The lowest BCUT2D eigenvalue weighted by atomic mass is 9.98. The van der Waals surface area contributed by atoms with Gasteiger partial charge in [0.1, 0.15) is 0 Å². The third kappa shape index (κ3) is 5.42. The number of carbonyl (C=O) groups excluding carboxylic acids is 2. The van der Waals surface area contributed by atoms with E-state index >= 15 is 0 Å². The first-order valence-corrected chi connectivity index (χ1v) is 10.1. The van der Waals surface area contributed by atoms with Gasteiger partial charge in [-0.25, -0.2) is 0 Å². The van der Waals surface area contributed by atoms with Gasteiger partial charge in [-0.05, 0) is 43.9 Å². The highest BCUT2D eigenvalue weighted by Crippen LogP contribution is 2.41. The van der Waals surface area contributed by atoms with Crippen molar-refractivity contribution >= 4 is 11.8 Å². The van der Waals surface area contributed by atoms with Gasteiger partial charge in [0.05, 0.1) is 0 Å². The molecule has 2 aliphatic heterocycles. The highest BCUT2D eigenvalue weighted by molar-refractivity contribution is 5.79. The highest BCUT2D eigenvalue weighted by Gasteiger charge is 2.42. The van der Waals surface area contributed by atoms with E-state index in [1.165, 1.54) is 12.8 Å². The first-order chi connectivity index (χ1) is 12.2. The van der Waals surface area contributed by atoms with Crippen LogP contribution in [0.15, 0.2) is 0 Å². The quantitative estimate of drug-likeness (QED) is 0.684. The Morgan fingerprint density at radius 1 is 1.16 bits per heavy atom. The molecule has 2 heterocycles. The molecular formula is C19H33N3O3. The van der Waals surface area contributed by atoms with Crippen LogP contribution in [0, 0.1) is 11.8 Å². The van der Waals surface area contributed by atoms with Crippen LogP contribution in [0.25, 0.3) is 0 Å². The summed E-state index contributed by atoms with van der Waals surface area (Å²) >= 11 is 0. The smallest absolute Gasteiger partial charge is 0.222 e. The Kier molecular flexibility index (Phi) is 6.70. The van der Waals surface area contributed by atoms with Crippen molar-refractivity contribution in [1.29, 1.82) is 0 Å². The fourth-order valence-corrected chi connectivity index (χ4v) is 4.34. The molecular weight excluding hydrogens is 318 g/mol. The zero-order chi connectivity index (χ0) is 17.6. The Labute approximate surface area is 150 Å². The van der Waals surface area contributed by atoms with Crippen LogP contribution in [-0.4, -0.2) is 72.1 Å². The number of nitrogens with zero attached hydrogens (tertiary/aromatic N) is 2.